The molecule has 6 nitrogen and oxygen atoms in total. The zero-order valence-corrected chi connectivity index (χ0v) is 21.0. The molecule has 1 aliphatic heterocycles. The lowest BCUT2D eigenvalue weighted by molar-refractivity contribution is -0.140. The van der Waals surface area contributed by atoms with Gasteiger partial charge in [0, 0.05) is 30.1 Å². The van der Waals surface area contributed by atoms with Crippen LogP contribution in [0.4, 0.5) is 4.39 Å². The molecule has 0 aliphatic carbocycles. The summed E-state index contributed by atoms with van der Waals surface area (Å²) in [5.74, 6) is -1.88. The number of aromatic nitrogens is 1. The Morgan fingerprint density at radius 2 is 1.76 bits per heavy atom. The minimum Gasteiger partial charge on any atom is -0.508 e. The van der Waals surface area contributed by atoms with Crippen molar-refractivity contribution >= 4 is 22.8 Å². The van der Waals surface area contributed by atoms with Gasteiger partial charge in [0.25, 0.3) is 0 Å². The second-order valence-corrected chi connectivity index (χ2v) is 9.50. The minimum atomic E-state index is -0.756. The lowest BCUT2D eigenvalue weighted by Crippen LogP contribution is -2.23. The first-order valence-corrected chi connectivity index (χ1v) is 12.7. The smallest absolute Gasteiger partial charge is 0.339 e. The summed E-state index contributed by atoms with van der Waals surface area (Å²) in [6, 6.07) is 23.7. The van der Waals surface area contributed by atoms with Crippen LogP contribution in [0.1, 0.15) is 41.6 Å². The van der Waals surface area contributed by atoms with E-state index in [-0.39, 0.29) is 17.2 Å². The average Bonchev–Trinajstić information content (AvgIpc) is 3.40. The number of halogens is 1. The predicted octanol–water partition coefficient (Wildman–Crippen LogP) is 5.49. The van der Waals surface area contributed by atoms with Crippen molar-refractivity contribution in [2.24, 2.45) is 0 Å². The number of rotatable bonds is 9. The number of hydrogen-bond donors (Lipinski definition) is 3. The third-order valence-electron chi connectivity index (χ3n) is 6.95. The van der Waals surface area contributed by atoms with Crippen molar-refractivity contribution in [1.82, 2.24) is 10.3 Å². The molecule has 7 heteroatoms. The van der Waals surface area contributed by atoms with Gasteiger partial charge in [-0.1, -0.05) is 60.7 Å². The molecule has 5 rings (SSSR count). The van der Waals surface area contributed by atoms with Gasteiger partial charge in [0.15, 0.2) is 6.10 Å². The Kier molecular flexibility index (Phi) is 7.26. The first-order valence-electron chi connectivity index (χ1n) is 12.7. The number of aliphatic hydroxyl groups excluding tert-OH is 1. The molecule has 2 unspecified atom stereocenters. The largest absolute Gasteiger partial charge is 0.508 e. The molecule has 0 saturated carbocycles. The number of aromatic amines is 1. The number of amides is 1. The first-order chi connectivity index (χ1) is 18.4. The van der Waals surface area contributed by atoms with E-state index in [0.29, 0.717) is 37.0 Å². The van der Waals surface area contributed by atoms with Crippen molar-refractivity contribution in [3.8, 4) is 0 Å². The predicted molar refractivity (Wildman–Crippen MR) is 143 cm³/mol. The number of nitrogens with one attached hydrogen (secondary N) is 2. The zero-order chi connectivity index (χ0) is 26.6. The molecule has 4 aromatic rings. The molecule has 0 fully saturated rings. The van der Waals surface area contributed by atoms with Crippen molar-refractivity contribution in [2.75, 3.05) is 6.54 Å². The molecule has 0 radical (unpaired) electrons. The molecule has 1 aromatic heterocycles. The van der Waals surface area contributed by atoms with E-state index in [4.69, 9.17) is 4.74 Å². The maximum atomic E-state index is 14.2. The van der Waals surface area contributed by atoms with Crippen molar-refractivity contribution < 1.29 is 23.8 Å². The summed E-state index contributed by atoms with van der Waals surface area (Å²) in [6.45, 7) is 1.81. The van der Waals surface area contributed by atoms with Crippen LogP contribution in [0.5, 0.6) is 0 Å². The normalized spacial score (nSPS) is 16.1. The van der Waals surface area contributed by atoms with Crippen LogP contribution in [0.2, 0.25) is 0 Å². The molecule has 194 valence electrons. The molecule has 38 heavy (non-hydrogen) atoms. The Bertz CT molecular complexity index is 1490. The molecule has 2 atom stereocenters. The number of cyclic esters (lactones) is 1. The van der Waals surface area contributed by atoms with Crippen LogP contribution in [0.25, 0.3) is 10.9 Å². The van der Waals surface area contributed by atoms with Gasteiger partial charge in [0.2, 0.25) is 5.91 Å². The van der Waals surface area contributed by atoms with E-state index in [1.807, 2.05) is 60.7 Å². The fourth-order valence-corrected chi connectivity index (χ4v) is 5.18. The molecule has 1 amide bonds. The lowest BCUT2D eigenvalue weighted by Gasteiger charge is -2.19. The number of H-pyrrole nitrogens is 1. The summed E-state index contributed by atoms with van der Waals surface area (Å²) in [6.07, 6.45) is 0.776. The maximum absolute atomic E-state index is 14.2. The van der Waals surface area contributed by atoms with Crippen LogP contribution in [-0.2, 0) is 27.2 Å². The van der Waals surface area contributed by atoms with Crippen LogP contribution < -0.4 is 5.32 Å². The van der Waals surface area contributed by atoms with Crippen LogP contribution in [-0.4, -0.2) is 34.6 Å². The highest BCUT2D eigenvalue weighted by Crippen LogP contribution is 2.42. The molecule has 1 aliphatic rings. The Labute approximate surface area is 220 Å². The number of ether oxygens (including phenoxy) is 1. The van der Waals surface area contributed by atoms with Crippen molar-refractivity contribution in [3.63, 3.8) is 0 Å². The second-order valence-electron chi connectivity index (χ2n) is 9.50. The summed E-state index contributed by atoms with van der Waals surface area (Å²) in [5.41, 5.74) is 4.10. The number of carbonyl (C=O) groups excluding carboxylic acids is 2. The highest BCUT2D eigenvalue weighted by Gasteiger charge is 2.41. The molecule has 0 bridgehead atoms. The van der Waals surface area contributed by atoms with Gasteiger partial charge in [-0.15, -0.1) is 0 Å². The fourth-order valence-electron chi connectivity index (χ4n) is 5.18. The van der Waals surface area contributed by atoms with Crippen LogP contribution in [0.3, 0.4) is 0 Å². The van der Waals surface area contributed by atoms with Crippen molar-refractivity contribution in [1.29, 1.82) is 0 Å². The fraction of sp³-hybridized carbons (Fsp3) is 0.226. The number of esters is 1. The highest BCUT2D eigenvalue weighted by molar-refractivity contribution is 5.95. The summed E-state index contributed by atoms with van der Waals surface area (Å²) >= 11 is 0. The van der Waals surface area contributed by atoms with Gasteiger partial charge in [0.05, 0.1) is 11.5 Å². The van der Waals surface area contributed by atoms with Crippen LogP contribution in [0, 0.1) is 5.82 Å². The number of carbonyl (C=O) groups is 2. The Morgan fingerprint density at radius 1 is 1.05 bits per heavy atom. The van der Waals surface area contributed by atoms with E-state index in [9.17, 15) is 19.1 Å². The Hall–Kier alpha value is -4.39. The van der Waals surface area contributed by atoms with Gasteiger partial charge in [0.1, 0.15) is 11.6 Å². The van der Waals surface area contributed by atoms with Crippen molar-refractivity contribution in [3.05, 3.63) is 118 Å². The first kappa shape index (κ1) is 25.3. The molecular weight excluding hydrogens is 483 g/mol. The molecule has 0 saturated heterocycles. The van der Waals surface area contributed by atoms with Gasteiger partial charge < -0.3 is 20.1 Å². The van der Waals surface area contributed by atoms with E-state index in [1.165, 1.54) is 19.1 Å². The number of hydrogen-bond acceptors (Lipinski definition) is 4. The average molecular weight is 513 g/mol. The number of fused-ring (bicyclic) bond motifs is 1. The Morgan fingerprint density at radius 3 is 2.47 bits per heavy atom. The van der Waals surface area contributed by atoms with Crippen LogP contribution >= 0.6 is 0 Å². The monoisotopic (exact) mass is 512 g/mol. The van der Waals surface area contributed by atoms with E-state index in [0.717, 1.165) is 22.1 Å². The van der Waals surface area contributed by atoms with Crippen molar-refractivity contribution in [2.45, 2.75) is 38.2 Å². The van der Waals surface area contributed by atoms with E-state index < -0.39 is 23.8 Å². The number of benzene rings is 3. The van der Waals surface area contributed by atoms with Gasteiger partial charge in [-0.05, 0) is 54.2 Å². The standard InChI is InChI=1S/C31H29FN2O4/c1-19(35)33-17-16-24-23-14-13-22(32)18-25(23)34-29(24)27(21-10-6-3-7-11-21)28-30(36)26(38-31(28)37)15-12-20-8-4-2-5-9-20/h2-11,13-14,18,26-27,34,36H,12,15-17H2,1H3,(H,33,35). The number of aryl methyl sites for hydroxylation is 1. The maximum Gasteiger partial charge on any atom is 0.339 e. The Balaban J connectivity index is 1.59. The van der Waals surface area contributed by atoms with Gasteiger partial charge in [-0.3, -0.25) is 4.79 Å². The van der Waals surface area contributed by atoms with Gasteiger partial charge in [-0.2, -0.15) is 0 Å². The third-order valence-corrected chi connectivity index (χ3v) is 6.95. The van der Waals surface area contributed by atoms with Gasteiger partial charge in [-0.25, -0.2) is 9.18 Å². The van der Waals surface area contributed by atoms with Crippen LogP contribution in [0.15, 0.2) is 90.2 Å². The highest BCUT2D eigenvalue weighted by atomic mass is 19.1. The van der Waals surface area contributed by atoms with E-state index in [2.05, 4.69) is 10.3 Å². The van der Waals surface area contributed by atoms with Gasteiger partial charge >= 0.3 is 5.97 Å². The summed E-state index contributed by atoms with van der Waals surface area (Å²) in [5, 5.41) is 15.0. The summed E-state index contributed by atoms with van der Waals surface area (Å²) in [7, 11) is 0. The topological polar surface area (TPSA) is 91.4 Å². The quantitative estimate of drug-likeness (QED) is 0.259. The minimum absolute atomic E-state index is 0.0857. The molecular formula is C31H29FN2O4. The summed E-state index contributed by atoms with van der Waals surface area (Å²) < 4.78 is 19.8. The third kappa shape index (κ3) is 5.18. The number of aliphatic hydroxyl groups is 1. The molecule has 0 spiro atoms. The molecule has 3 aromatic carbocycles. The van der Waals surface area contributed by atoms with E-state index >= 15 is 0 Å². The zero-order valence-electron chi connectivity index (χ0n) is 21.0. The lowest BCUT2D eigenvalue weighted by atomic mass is 9.84. The SMILES string of the molecule is CC(=O)NCCc1c(C(C2=C(O)C(CCc3ccccc3)OC2=O)c2ccccc2)[nH]c2cc(F)ccc12. The summed E-state index contributed by atoms with van der Waals surface area (Å²) in [4.78, 5) is 28.2. The molecule has 2 heterocycles. The van der Waals surface area contributed by atoms with E-state index in [1.54, 1.807) is 6.07 Å². The molecule has 3 N–H and O–H groups in total. The second kappa shape index (κ2) is 10.9.